The van der Waals surface area contributed by atoms with Crippen LogP contribution >= 0.6 is 11.6 Å². The highest BCUT2D eigenvalue weighted by Gasteiger charge is 2.04. The number of rotatable bonds is 1. The smallest absolute Gasteiger partial charge is 0.0945 e. The van der Waals surface area contributed by atoms with Gasteiger partial charge < -0.3 is 0 Å². The first kappa shape index (κ1) is 11.2. The van der Waals surface area contributed by atoms with Crippen molar-refractivity contribution in [2.45, 2.75) is 6.92 Å². The van der Waals surface area contributed by atoms with Gasteiger partial charge in [0.15, 0.2) is 0 Å². The largest absolute Gasteiger partial charge is 0.150 e. The summed E-state index contributed by atoms with van der Waals surface area (Å²) in [6.07, 6.45) is 0. The van der Waals surface area contributed by atoms with Crippen molar-refractivity contribution in [3.63, 3.8) is 0 Å². The Kier molecular flexibility index (Phi) is 2.73. The van der Waals surface area contributed by atoms with Crippen LogP contribution in [-0.2, 0) is 0 Å². The molecule has 0 aliphatic carbocycles. The Balaban J connectivity index is 2.18. The predicted molar refractivity (Wildman–Crippen MR) is 74.7 cm³/mol. The second kappa shape index (κ2) is 4.39. The molecule has 0 saturated carbocycles. The zero-order valence-corrected chi connectivity index (χ0v) is 10.6. The van der Waals surface area contributed by atoms with Crippen LogP contribution in [0.2, 0.25) is 5.02 Å². The van der Waals surface area contributed by atoms with E-state index in [9.17, 15) is 0 Å². The summed E-state index contributed by atoms with van der Waals surface area (Å²) in [6.45, 7) is 2.06. The number of hydrogen-bond acceptors (Lipinski definition) is 2. The number of aryl methyl sites for hydroxylation is 1. The van der Waals surface area contributed by atoms with Crippen LogP contribution in [0.25, 0.3) is 22.2 Å². The summed E-state index contributed by atoms with van der Waals surface area (Å²) < 4.78 is 0. The third kappa shape index (κ3) is 1.95. The molecule has 0 atom stereocenters. The van der Waals surface area contributed by atoms with Gasteiger partial charge in [-0.1, -0.05) is 47.5 Å². The Morgan fingerprint density at radius 3 is 2.50 bits per heavy atom. The first-order chi connectivity index (χ1) is 8.74. The van der Waals surface area contributed by atoms with Crippen LogP contribution in [0.4, 0.5) is 0 Å². The van der Waals surface area contributed by atoms with Crippen molar-refractivity contribution >= 4 is 22.5 Å². The Labute approximate surface area is 110 Å². The molecule has 0 spiro atoms. The average molecular weight is 255 g/mol. The van der Waals surface area contributed by atoms with Gasteiger partial charge in [0.2, 0.25) is 0 Å². The van der Waals surface area contributed by atoms with Gasteiger partial charge in [0.1, 0.15) is 0 Å². The van der Waals surface area contributed by atoms with E-state index in [0.29, 0.717) is 5.02 Å². The van der Waals surface area contributed by atoms with Crippen molar-refractivity contribution in [1.82, 2.24) is 10.2 Å². The topological polar surface area (TPSA) is 25.8 Å². The third-order valence-electron chi connectivity index (χ3n) is 2.92. The maximum absolute atomic E-state index is 6.17. The van der Waals surface area contributed by atoms with Crippen LogP contribution in [0.5, 0.6) is 0 Å². The number of benzene rings is 2. The Morgan fingerprint density at radius 2 is 1.72 bits per heavy atom. The molecule has 1 aromatic heterocycles. The summed E-state index contributed by atoms with van der Waals surface area (Å²) in [6, 6.07) is 15.9. The maximum atomic E-state index is 6.17. The molecule has 0 aliphatic heterocycles. The molecule has 0 aliphatic rings. The van der Waals surface area contributed by atoms with Crippen molar-refractivity contribution in [2.75, 3.05) is 0 Å². The van der Waals surface area contributed by atoms with Gasteiger partial charge in [-0.2, -0.15) is 0 Å². The van der Waals surface area contributed by atoms with Gasteiger partial charge in [-0.25, -0.2) is 0 Å². The highest BCUT2D eigenvalue weighted by Crippen LogP contribution is 2.25. The van der Waals surface area contributed by atoms with Gasteiger partial charge >= 0.3 is 0 Å². The molecule has 0 unspecified atom stereocenters. The molecule has 0 radical (unpaired) electrons. The van der Waals surface area contributed by atoms with Gasteiger partial charge in [-0.05, 0) is 25.1 Å². The van der Waals surface area contributed by atoms with E-state index in [2.05, 4.69) is 29.3 Å². The SMILES string of the molecule is Cc1ccc(-c2cc3c(Cl)cccc3nn2)cc1. The van der Waals surface area contributed by atoms with Crippen molar-refractivity contribution in [2.24, 2.45) is 0 Å². The van der Waals surface area contributed by atoms with Gasteiger partial charge in [0, 0.05) is 10.9 Å². The second-order valence-corrected chi connectivity index (χ2v) is 4.68. The summed E-state index contributed by atoms with van der Waals surface area (Å²) in [7, 11) is 0. The van der Waals surface area contributed by atoms with Gasteiger partial charge in [-0.3, -0.25) is 0 Å². The number of halogens is 1. The molecular formula is C15H11ClN2. The van der Waals surface area contributed by atoms with Crippen LogP contribution in [0.1, 0.15) is 5.56 Å². The third-order valence-corrected chi connectivity index (χ3v) is 3.25. The van der Waals surface area contributed by atoms with E-state index < -0.39 is 0 Å². The lowest BCUT2D eigenvalue weighted by Crippen LogP contribution is -1.89. The Morgan fingerprint density at radius 1 is 0.944 bits per heavy atom. The summed E-state index contributed by atoms with van der Waals surface area (Å²) >= 11 is 6.17. The summed E-state index contributed by atoms with van der Waals surface area (Å²) in [5, 5.41) is 10.1. The standard InChI is InChI=1S/C15H11ClN2/c1-10-5-7-11(8-6-10)15-9-12-13(16)3-2-4-14(12)17-18-15/h2-9H,1H3. The summed E-state index contributed by atoms with van der Waals surface area (Å²) in [4.78, 5) is 0. The van der Waals surface area contributed by atoms with E-state index in [1.807, 2.05) is 36.4 Å². The lowest BCUT2D eigenvalue weighted by atomic mass is 10.1. The monoisotopic (exact) mass is 254 g/mol. The fourth-order valence-corrected chi connectivity index (χ4v) is 2.12. The fraction of sp³-hybridized carbons (Fsp3) is 0.0667. The first-order valence-electron chi connectivity index (χ1n) is 5.73. The van der Waals surface area contributed by atoms with Crippen molar-refractivity contribution in [3.8, 4) is 11.3 Å². The minimum absolute atomic E-state index is 0.704. The lowest BCUT2D eigenvalue weighted by molar-refractivity contribution is 1.08. The van der Waals surface area contributed by atoms with E-state index in [1.165, 1.54) is 5.56 Å². The average Bonchev–Trinajstić information content (AvgIpc) is 2.40. The number of hydrogen-bond donors (Lipinski definition) is 0. The van der Waals surface area contributed by atoms with Crippen molar-refractivity contribution in [3.05, 3.63) is 59.1 Å². The molecule has 0 bridgehead atoms. The zero-order chi connectivity index (χ0) is 12.5. The van der Waals surface area contributed by atoms with Gasteiger partial charge in [-0.15, -0.1) is 10.2 Å². The Bertz CT molecular complexity index is 705. The summed E-state index contributed by atoms with van der Waals surface area (Å²) in [5.41, 5.74) is 3.94. The molecular weight excluding hydrogens is 244 g/mol. The first-order valence-corrected chi connectivity index (χ1v) is 6.11. The predicted octanol–water partition coefficient (Wildman–Crippen LogP) is 4.26. The summed E-state index contributed by atoms with van der Waals surface area (Å²) in [5.74, 6) is 0. The lowest BCUT2D eigenvalue weighted by Gasteiger charge is -2.03. The molecule has 88 valence electrons. The Hall–Kier alpha value is -1.93. The molecule has 1 heterocycles. The minimum atomic E-state index is 0.704. The molecule has 0 saturated heterocycles. The molecule has 0 N–H and O–H groups in total. The van der Waals surface area contributed by atoms with Crippen LogP contribution in [0, 0.1) is 6.92 Å². The van der Waals surface area contributed by atoms with Crippen molar-refractivity contribution < 1.29 is 0 Å². The quantitative estimate of drug-likeness (QED) is 0.648. The van der Waals surface area contributed by atoms with E-state index in [-0.39, 0.29) is 0 Å². The molecule has 2 aromatic carbocycles. The number of fused-ring (bicyclic) bond motifs is 1. The van der Waals surface area contributed by atoms with Crippen LogP contribution < -0.4 is 0 Å². The molecule has 3 heteroatoms. The molecule has 3 aromatic rings. The van der Waals surface area contributed by atoms with E-state index >= 15 is 0 Å². The van der Waals surface area contributed by atoms with Gasteiger partial charge in [0.25, 0.3) is 0 Å². The van der Waals surface area contributed by atoms with E-state index in [0.717, 1.165) is 22.2 Å². The number of nitrogens with zero attached hydrogens (tertiary/aromatic N) is 2. The normalized spacial score (nSPS) is 10.8. The van der Waals surface area contributed by atoms with Crippen molar-refractivity contribution in [1.29, 1.82) is 0 Å². The van der Waals surface area contributed by atoms with Crippen LogP contribution in [-0.4, -0.2) is 10.2 Å². The molecule has 3 rings (SSSR count). The zero-order valence-electron chi connectivity index (χ0n) is 9.89. The maximum Gasteiger partial charge on any atom is 0.0945 e. The molecule has 2 nitrogen and oxygen atoms in total. The fourth-order valence-electron chi connectivity index (χ4n) is 1.89. The number of aromatic nitrogens is 2. The second-order valence-electron chi connectivity index (χ2n) is 4.27. The highest BCUT2D eigenvalue weighted by molar-refractivity contribution is 6.35. The molecule has 0 amide bonds. The highest BCUT2D eigenvalue weighted by atomic mass is 35.5. The molecule has 18 heavy (non-hydrogen) atoms. The van der Waals surface area contributed by atoms with Crippen LogP contribution in [0.15, 0.2) is 48.5 Å². The van der Waals surface area contributed by atoms with Gasteiger partial charge in [0.05, 0.1) is 16.2 Å². The minimum Gasteiger partial charge on any atom is -0.150 e. The van der Waals surface area contributed by atoms with E-state index in [1.54, 1.807) is 0 Å². The van der Waals surface area contributed by atoms with Crippen LogP contribution in [0.3, 0.4) is 0 Å². The molecule has 0 fully saturated rings. The van der Waals surface area contributed by atoms with E-state index in [4.69, 9.17) is 11.6 Å².